The lowest BCUT2D eigenvalue weighted by Crippen LogP contribution is -2.44. The molecule has 1 aliphatic heterocycles. The van der Waals surface area contributed by atoms with Gasteiger partial charge >= 0.3 is 6.01 Å². The van der Waals surface area contributed by atoms with Gasteiger partial charge in [0.2, 0.25) is 10.0 Å². The molecule has 0 amide bonds. The second kappa shape index (κ2) is 7.00. The van der Waals surface area contributed by atoms with Gasteiger partial charge in [0.15, 0.2) is 0 Å². The molecule has 9 heteroatoms. The molecule has 6 nitrogen and oxygen atoms in total. The van der Waals surface area contributed by atoms with Crippen molar-refractivity contribution >= 4 is 21.6 Å². The summed E-state index contributed by atoms with van der Waals surface area (Å²) in [5.74, 6) is -0.762. The van der Waals surface area contributed by atoms with Crippen molar-refractivity contribution in [2.24, 2.45) is 0 Å². The van der Waals surface area contributed by atoms with Crippen LogP contribution in [-0.2, 0) is 10.0 Å². The molecule has 1 aliphatic rings. The van der Waals surface area contributed by atoms with Crippen LogP contribution >= 0.6 is 11.6 Å². The van der Waals surface area contributed by atoms with Crippen LogP contribution in [-0.4, -0.2) is 41.9 Å². The summed E-state index contributed by atoms with van der Waals surface area (Å²) in [6, 6.07) is 5.47. The third-order valence-electron chi connectivity index (χ3n) is 3.66. The fourth-order valence-electron chi connectivity index (χ4n) is 2.52. The first-order valence-electron chi connectivity index (χ1n) is 7.36. The van der Waals surface area contributed by atoms with E-state index in [0.717, 1.165) is 6.07 Å². The van der Waals surface area contributed by atoms with E-state index in [0.29, 0.717) is 24.4 Å². The zero-order valence-corrected chi connectivity index (χ0v) is 14.2. The molecule has 24 heavy (non-hydrogen) atoms. The molecule has 2 heterocycles. The van der Waals surface area contributed by atoms with E-state index in [2.05, 4.69) is 9.97 Å². The van der Waals surface area contributed by atoms with Crippen LogP contribution in [0.15, 0.2) is 41.6 Å². The Kier molecular flexibility index (Phi) is 4.98. The van der Waals surface area contributed by atoms with Crippen LogP contribution in [0.2, 0.25) is 5.02 Å². The molecule has 0 radical (unpaired) electrons. The lowest BCUT2D eigenvalue weighted by Gasteiger charge is -2.31. The van der Waals surface area contributed by atoms with Crippen molar-refractivity contribution in [3.63, 3.8) is 0 Å². The van der Waals surface area contributed by atoms with Gasteiger partial charge in [-0.25, -0.2) is 22.8 Å². The van der Waals surface area contributed by atoms with Crippen molar-refractivity contribution in [1.82, 2.24) is 14.3 Å². The second-order valence-electron chi connectivity index (χ2n) is 5.36. The molecule has 1 fully saturated rings. The Hall–Kier alpha value is -1.77. The molecule has 0 N–H and O–H groups in total. The van der Waals surface area contributed by atoms with E-state index >= 15 is 0 Å². The molecule has 0 saturated carbocycles. The fraction of sp³-hybridized carbons (Fsp3) is 0.333. The second-order valence-corrected chi connectivity index (χ2v) is 7.70. The lowest BCUT2D eigenvalue weighted by molar-refractivity contribution is 0.119. The zero-order chi connectivity index (χ0) is 17.2. The van der Waals surface area contributed by atoms with Crippen LogP contribution in [0.5, 0.6) is 6.01 Å². The maximum Gasteiger partial charge on any atom is 0.316 e. The summed E-state index contributed by atoms with van der Waals surface area (Å²) in [6.45, 7) is 0.431. The molecule has 0 aliphatic carbocycles. The monoisotopic (exact) mass is 371 g/mol. The highest BCUT2D eigenvalue weighted by Gasteiger charge is 2.33. The molecule has 128 valence electrons. The number of benzene rings is 1. The molecule has 1 atom stereocenters. The van der Waals surface area contributed by atoms with Crippen molar-refractivity contribution in [1.29, 1.82) is 0 Å². The van der Waals surface area contributed by atoms with Gasteiger partial charge in [0.25, 0.3) is 0 Å². The summed E-state index contributed by atoms with van der Waals surface area (Å²) in [4.78, 5) is 7.55. The molecule has 2 aromatic rings. The van der Waals surface area contributed by atoms with Crippen LogP contribution in [0.3, 0.4) is 0 Å². The van der Waals surface area contributed by atoms with Crippen LogP contribution in [0, 0.1) is 5.82 Å². The number of sulfonamides is 1. The van der Waals surface area contributed by atoms with E-state index in [9.17, 15) is 12.8 Å². The summed E-state index contributed by atoms with van der Waals surface area (Å²) < 4.78 is 46.0. The Balaban J connectivity index is 1.75. The molecule has 0 spiro atoms. The third kappa shape index (κ3) is 3.66. The average molecular weight is 372 g/mol. The maximum absolute atomic E-state index is 13.9. The van der Waals surface area contributed by atoms with Gasteiger partial charge in [-0.3, -0.25) is 0 Å². The SMILES string of the molecule is O=S(=O)(c1ccccc1F)N1CCCC(Oc2ncc(Cl)cn2)C1. The van der Waals surface area contributed by atoms with Crippen molar-refractivity contribution in [3.05, 3.63) is 47.5 Å². The predicted molar refractivity (Wildman–Crippen MR) is 85.9 cm³/mol. The Morgan fingerprint density at radius 1 is 1.25 bits per heavy atom. The third-order valence-corrected chi connectivity index (χ3v) is 5.76. The lowest BCUT2D eigenvalue weighted by atomic mass is 10.1. The number of halogens is 2. The number of nitrogens with zero attached hydrogens (tertiary/aromatic N) is 3. The van der Waals surface area contributed by atoms with Crippen molar-refractivity contribution in [2.75, 3.05) is 13.1 Å². The number of rotatable bonds is 4. The normalized spacial score (nSPS) is 19.2. The Labute approximate surface area is 144 Å². The minimum absolute atomic E-state index is 0.114. The summed E-state index contributed by atoms with van der Waals surface area (Å²) in [5.41, 5.74) is 0. The number of ether oxygens (including phenoxy) is 1. The molecule has 1 aromatic heterocycles. The first kappa shape index (κ1) is 17.1. The quantitative estimate of drug-likeness (QED) is 0.825. The first-order valence-corrected chi connectivity index (χ1v) is 9.17. The van der Waals surface area contributed by atoms with Crippen molar-refractivity contribution < 1.29 is 17.5 Å². The number of hydrogen-bond donors (Lipinski definition) is 0. The van der Waals surface area contributed by atoms with E-state index in [1.165, 1.54) is 34.9 Å². The van der Waals surface area contributed by atoms with Gasteiger partial charge in [0.05, 0.1) is 24.0 Å². The minimum atomic E-state index is -3.91. The number of hydrogen-bond acceptors (Lipinski definition) is 5. The van der Waals surface area contributed by atoms with Crippen molar-refractivity contribution in [2.45, 2.75) is 23.8 Å². The Morgan fingerprint density at radius 3 is 2.67 bits per heavy atom. The molecule has 3 rings (SSSR count). The summed E-state index contributed by atoms with van der Waals surface area (Å²) in [6.07, 6.45) is 3.67. The van der Waals surface area contributed by atoms with Gasteiger partial charge in [-0.1, -0.05) is 23.7 Å². The Morgan fingerprint density at radius 2 is 1.96 bits per heavy atom. The summed E-state index contributed by atoms with van der Waals surface area (Å²) in [7, 11) is -3.91. The van der Waals surface area contributed by atoms with E-state index in [1.807, 2.05) is 0 Å². The minimum Gasteiger partial charge on any atom is -0.459 e. The van der Waals surface area contributed by atoms with Gasteiger partial charge in [-0.2, -0.15) is 4.31 Å². The highest BCUT2D eigenvalue weighted by molar-refractivity contribution is 7.89. The summed E-state index contributed by atoms with van der Waals surface area (Å²) in [5, 5.41) is 0.384. The Bertz CT molecular complexity index is 817. The van der Waals surface area contributed by atoms with Gasteiger partial charge in [-0.05, 0) is 25.0 Å². The van der Waals surface area contributed by atoms with Gasteiger partial charge in [0, 0.05) is 6.54 Å². The predicted octanol–water partition coefficient (Wildman–Crippen LogP) is 2.50. The molecular formula is C15H15ClFN3O3S. The fourth-order valence-corrected chi connectivity index (χ4v) is 4.20. The molecule has 1 unspecified atom stereocenters. The molecule has 1 aromatic carbocycles. The highest BCUT2D eigenvalue weighted by atomic mass is 35.5. The topological polar surface area (TPSA) is 72.4 Å². The van der Waals surface area contributed by atoms with Crippen LogP contribution in [0.4, 0.5) is 4.39 Å². The van der Waals surface area contributed by atoms with E-state index in [1.54, 1.807) is 0 Å². The number of piperidine rings is 1. The van der Waals surface area contributed by atoms with E-state index in [-0.39, 0.29) is 17.5 Å². The van der Waals surface area contributed by atoms with E-state index < -0.39 is 21.9 Å². The summed E-state index contributed by atoms with van der Waals surface area (Å²) >= 11 is 5.72. The van der Waals surface area contributed by atoms with Gasteiger partial charge in [0.1, 0.15) is 16.8 Å². The van der Waals surface area contributed by atoms with E-state index in [4.69, 9.17) is 16.3 Å². The van der Waals surface area contributed by atoms with Gasteiger partial charge in [-0.15, -0.1) is 0 Å². The van der Waals surface area contributed by atoms with Crippen LogP contribution in [0.1, 0.15) is 12.8 Å². The molecule has 1 saturated heterocycles. The number of aromatic nitrogens is 2. The first-order chi connectivity index (χ1) is 11.5. The highest BCUT2D eigenvalue weighted by Crippen LogP contribution is 2.24. The van der Waals surface area contributed by atoms with Gasteiger partial charge < -0.3 is 4.74 Å². The largest absolute Gasteiger partial charge is 0.459 e. The standard InChI is InChI=1S/C15H15ClFN3O3S/c16-11-8-18-15(19-9-11)23-12-4-3-7-20(10-12)24(21,22)14-6-2-1-5-13(14)17/h1-2,5-6,8-9,12H,3-4,7,10H2. The smallest absolute Gasteiger partial charge is 0.316 e. The van der Waals surface area contributed by atoms with Crippen molar-refractivity contribution in [3.8, 4) is 6.01 Å². The molecule has 0 bridgehead atoms. The van der Waals surface area contributed by atoms with Crippen LogP contribution < -0.4 is 4.74 Å². The van der Waals surface area contributed by atoms with Crippen LogP contribution in [0.25, 0.3) is 0 Å². The maximum atomic E-state index is 13.9. The zero-order valence-electron chi connectivity index (χ0n) is 12.6. The molecular weight excluding hydrogens is 357 g/mol. The average Bonchev–Trinajstić information content (AvgIpc) is 2.57.